The highest BCUT2D eigenvalue weighted by Gasteiger charge is 2.34. The van der Waals surface area contributed by atoms with Gasteiger partial charge in [0, 0.05) is 20.1 Å². The molecule has 0 saturated heterocycles. The van der Waals surface area contributed by atoms with E-state index in [0.717, 1.165) is 10.7 Å². The average Bonchev–Trinajstić information content (AvgIpc) is 2.80. The Bertz CT molecular complexity index is 680. The summed E-state index contributed by atoms with van der Waals surface area (Å²) in [5, 5.41) is 15.7. The number of rotatable bonds is 5. The molecule has 0 atom stereocenters. The number of alkyl halides is 3. The molecule has 0 unspecified atom stereocenters. The lowest BCUT2D eigenvalue weighted by molar-refractivity contribution is -0.143. The van der Waals surface area contributed by atoms with E-state index in [1.54, 1.807) is 18.2 Å². The minimum Gasteiger partial charge on any atom is -0.478 e. The van der Waals surface area contributed by atoms with Crippen LogP contribution in [0.5, 0.6) is 0 Å². The Hall–Kier alpha value is -2.35. The van der Waals surface area contributed by atoms with Crippen molar-refractivity contribution in [2.75, 3.05) is 0 Å². The van der Waals surface area contributed by atoms with Crippen molar-refractivity contribution in [3.63, 3.8) is 0 Å². The van der Waals surface area contributed by atoms with E-state index in [1.807, 2.05) is 0 Å². The Labute approximate surface area is 124 Å². The zero-order valence-electron chi connectivity index (χ0n) is 11.7. The number of aromatic carboxylic acids is 1. The van der Waals surface area contributed by atoms with Gasteiger partial charge in [0.25, 0.3) is 0 Å². The van der Waals surface area contributed by atoms with E-state index in [2.05, 4.69) is 10.4 Å². The number of hydrogen-bond donors (Lipinski definition) is 2. The lowest BCUT2D eigenvalue weighted by Gasteiger charge is -2.06. The van der Waals surface area contributed by atoms with Crippen LogP contribution in [0.4, 0.5) is 13.2 Å². The number of carboxylic acid groups (broad SMARTS) is 1. The molecule has 8 heteroatoms. The second kappa shape index (κ2) is 6.18. The van der Waals surface area contributed by atoms with Gasteiger partial charge in [-0.2, -0.15) is 18.3 Å². The van der Waals surface area contributed by atoms with Gasteiger partial charge >= 0.3 is 12.1 Å². The number of benzene rings is 1. The van der Waals surface area contributed by atoms with Crippen LogP contribution in [-0.4, -0.2) is 20.9 Å². The fourth-order valence-corrected chi connectivity index (χ4v) is 2.09. The molecule has 0 aliphatic rings. The van der Waals surface area contributed by atoms with Gasteiger partial charge in [-0.25, -0.2) is 4.79 Å². The number of carbonyl (C=O) groups is 1. The number of carboxylic acids is 1. The lowest BCUT2D eigenvalue weighted by atomic mass is 10.1. The highest BCUT2D eigenvalue weighted by atomic mass is 19.4. The standard InChI is InChI=1S/C14H14F3N3O2/c1-20-12(14(15,16)17)6-10(19-20)8-18-7-9-4-2-3-5-11(9)13(21)22/h2-6,18H,7-8H2,1H3,(H,21,22). The Balaban J connectivity index is 2.02. The second-order valence-corrected chi connectivity index (χ2v) is 4.71. The second-order valence-electron chi connectivity index (χ2n) is 4.71. The SMILES string of the molecule is Cn1nc(CNCc2ccccc2C(=O)O)cc1C(F)(F)F. The first-order valence-electron chi connectivity index (χ1n) is 6.41. The maximum atomic E-state index is 12.6. The van der Waals surface area contributed by atoms with E-state index in [1.165, 1.54) is 13.1 Å². The van der Waals surface area contributed by atoms with Crippen LogP contribution in [0, 0.1) is 0 Å². The first-order valence-corrected chi connectivity index (χ1v) is 6.41. The molecule has 0 aliphatic carbocycles. The molecule has 22 heavy (non-hydrogen) atoms. The fourth-order valence-electron chi connectivity index (χ4n) is 2.09. The van der Waals surface area contributed by atoms with Gasteiger partial charge in [0.15, 0.2) is 0 Å². The molecule has 0 fully saturated rings. The van der Waals surface area contributed by atoms with E-state index in [0.29, 0.717) is 5.56 Å². The van der Waals surface area contributed by atoms with Gasteiger partial charge in [0.1, 0.15) is 5.69 Å². The van der Waals surface area contributed by atoms with Crippen LogP contribution < -0.4 is 5.32 Å². The van der Waals surface area contributed by atoms with Crippen molar-refractivity contribution in [3.8, 4) is 0 Å². The summed E-state index contributed by atoms with van der Waals surface area (Å²) in [4.78, 5) is 11.0. The van der Waals surface area contributed by atoms with Gasteiger partial charge in [-0.15, -0.1) is 0 Å². The minimum absolute atomic E-state index is 0.109. The quantitative estimate of drug-likeness (QED) is 0.889. The predicted octanol–water partition coefficient (Wildman–Crippen LogP) is 2.43. The molecule has 118 valence electrons. The smallest absolute Gasteiger partial charge is 0.433 e. The van der Waals surface area contributed by atoms with E-state index < -0.39 is 17.8 Å². The molecule has 2 rings (SSSR count). The number of aryl methyl sites for hydroxylation is 1. The summed E-state index contributed by atoms with van der Waals surface area (Å²) in [6, 6.07) is 7.40. The zero-order chi connectivity index (χ0) is 16.3. The molecule has 0 amide bonds. The van der Waals surface area contributed by atoms with Crippen LogP contribution >= 0.6 is 0 Å². The number of nitrogens with zero attached hydrogens (tertiary/aromatic N) is 2. The summed E-state index contributed by atoms with van der Waals surface area (Å²) in [5.74, 6) is -1.05. The third-order valence-electron chi connectivity index (χ3n) is 3.09. The number of hydrogen-bond acceptors (Lipinski definition) is 3. The molecule has 0 saturated carbocycles. The van der Waals surface area contributed by atoms with Crippen LogP contribution in [0.25, 0.3) is 0 Å². The Morgan fingerprint density at radius 3 is 2.59 bits per heavy atom. The molecule has 2 N–H and O–H groups in total. The van der Waals surface area contributed by atoms with E-state index in [9.17, 15) is 18.0 Å². The first-order chi connectivity index (χ1) is 10.3. The fraction of sp³-hybridized carbons (Fsp3) is 0.286. The van der Waals surface area contributed by atoms with Crippen molar-refractivity contribution < 1.29 is 23.1 Å². The highest BCUT2D eigenvalue weighted by molar-refractivity contribution is 5.89. The maximum absolute atomic E-state index is 12.6. The summed E-state index contributed by atoms with van der Waals surface area (Å²) in [7, 11) is 1.23. The summed E-state index contributed by atoms with van der Waals surface area (Å²) < 4.78 is 38.7. The molecule has 1 heterocycles. The molecule has 0 spiro atoms. The van der Waals surface area contributed by atoms with Crippen LogP contribution in [0.3, 0.4) is 0 Å². The first kappa shape index (κ1) is 16.0. The summed E-state index contributed by atoms with van der Waals surface area (Å²) in [6.07, 6.45) is -4.45. The third-order valence-corrected chi connectivity index (χ3v) is 3.09. The summed E-state index contributed by atoms with van der Waals surface area (Å²) in [5.41, 5.74) is 0.131. The van der Waals surface area contributed by atoms with Gasteiger partial charge < -0.3 is 10.4 Å². The zero-order valence-corrected chi connectivity index (χ0v) is 11.7. The largest absolute Gasteiger partial charge is 0.478 e. The summed E-state index contributed by atoms with van der Waals surface area (Å²) >= 11 is 0. The van der Waals surface area contributed by atoms with Crippen molar-refractivity contribution in [1.82, 2.24) is 15.1 Å². The maximum Gasteiger partial charge on any atom is 0.433 e. The molecular formula is C14H14F3N3O2. The molecule has 2 aromatic rings. The normalized spacial score (nSPS) is 11.6. The van der Waals surface area contributed by atoms with Crippen LogP contribution in [0.1, 0.15) is 27.3 Å². The van der Waals surface area contributed by atoms with Crippen molar-refractivity contribution in [2.24, 2.45) is 7.05 Å². The van der Waals surface area contributed by atoms with Crippen LogP contribution in [0.2, 0.25) is 0 Å². The van der Waals surface area contributed by atoms with Crippen molar-refractivity contribution >= 4 is 5.97 Å². The van der Waals surface area contributed by atoms with E-state index in [4.69, 9.17) is 5.11 Å². The molecule has 0 bridgehead atoms. The van der Waals surface area contributed by atoms with Crippen LogP contribution in [-0.2, 0) is 26.3 Å². The molecular weight excluding hydrogens is 299 g/mol. The molecule has 0 radical (unpaired) electrons. The van der Waals surface area contributed by atoms with Gasteiger partial charge in [-0.1, -0.05) is 18.2 Å². The van der Waals surface area contributed by atoms with Crippen molar-refractivity contribution in [2.45, 2.75) is 19.3 Å². The number of aromatic nitrogens is 2. The Morgan fingerprint density at radius 2 is 2.00 bits per heavy atom. The van der Waals surface area contributed by atoms with Crippen molar-refractivity contribution in [1.29, 1.82) is 0 Å². The van der Waals surface area contributed by atoms with E-state index >= 15 is 0 Å². The molecule has 1 aromatic carbocycles. The molecule has 1 aromatic heterocycles. The minimum atomic E-state index is -4.45. The number of nitrogens with one attached hydrogen (secondary N) is 1. The van der Waals surface area contributed by atoms with Gasteiger partial charge in [-0.05, 0) is 17.7 Å². The van der Waals surface area contributed by atoms with Gasteiger partial charge in [-0.3, -0.25) is 4.68 Å². The molecule has 0 aliphatic heterocycles. The van der Waals surface area contributed by atoms with Crippen LogP contribution in [0.15, 0.2) is 30.3 Å². The predicted molar refractivity (Wildman–Crippen MR) is 72.2 cm³/mol. The highest BCUT2D eigenvalue weighted by Crippen LogP contribution is 2.29. The van der Waals surface area contributed by atoms with E-state index in [-0.39, 0.29) is 24.3 Å². The topological polar surface area (TPSA) is 67.2 Å². The molecule has 5 nitrogen and oxygen atoms in total. The van der Waals surface area contributed by atoms with Crippen molar-refractivity contribution in [3.05, 3.63) is 52.8 Å². The van der Waals surface area contributed by atoms with Gasteiger partial charge in [0.05, 0.1) is 11.3 Å². The average molecular weight is 313 g/mol. The third kappa shape index (κ3) is 3.64. The lowest BCUT2D eigenvalue weighted by Crippen LogP contribution is -2.15. The number of halogens is 3. The van der Waals surface area contributed by atoms with Gasteiger partial charge in [0.2, 0.25) is 0 Å². The monoisotopic (exact) mass is 313 g/mol. The Kier molecular flexibility index (Phi) is 4.51. The Morgan fingerprint density at radius 1 is 1.32 bits per heavy atom. The summed E-state index contributed by atoms with van der Waals surface area (Å²) in [6.45, 7) is 0.332.